The molecule has 0 aliphatic heterocycles. The highest BCUT2D eigenvalue weighted by Crippen LogP contribution is 2.37. The molecule has 0 spiro atoms. The first-order valence-corrected chi connectivity index (χ1v) is 6.87. The molecule has 2 aliphatic rings. The molecule has 0 bridgehead atoms. The SMILES string of the molecule is CCN(C(=O)NCC1(C(=O)O)CCCC1)C1CC1. The Morgan fingerprint density at radius 3 is 2.39 bits per heavy atom. The van der Waals surface area contributed by atoms with Gasteiger partial charge in [-0.3, -0.25) is 4.79 Å². The molecule has 2 N–H and O–H groups in total. The maximum atomic E-state index is 12.0. The van der Waals surface area contributed by atoms with Gasteiger partial charge in [0, 0.05) is 19.1 Å². The molecule has 2 saturated carbocycles. The highest BCUT2D eigenvalue weighted by atomic mass is 16.4. The highest BCUT2D eigenvalue weighted by molar-refractivity contribution is 5.78. The van der Waals surface area contributed by atoms with Gasteiger partial charge in [-0.1, -0.05) is 12.8 Å². The average molecular weight is 254 g/mol. The number of carboxylic acids is 1. The van der Waals surface area contributed by atoms with E-state index >= 15 is 0 Å². The Bertz CT molecular complexity index is 333. The second kappa shape index (κ2) is 5.16. The highest BCUT2D eigenvalue weighted by Gasteiger charge is 2.42. The first-order chi connectivity index (χ1) is 8.59. The molecule has 0 aromatic rings. The fourth-order valence-electron chi connectivity index (χ4n) is 2.82. The van der Waals surface area contributed by atoms with Crippen molar-refractivity contribution in [2.24, 2.45) is 5.41 Å². The lowest BCUT2D eigenvalue weighted by Gasteiger charge is -2.27. The summed E-state index contributed by atoms with van der Waals surface area (Å²) >= 11 is 0. The molecule has 0 aromatic heterocycles. The second-order valence-corrected chi connectivity index (χ2v) is 5.47. The van der Waals surface area contributed by atoms with Crippen LogP contribution in [-0.2, 0) is 4.79 Å². The van der Waals surface area contributed by atoms with Gasteiger partial charge in [0.2, 0.25) is 0 Å². The van der Waals surface area contributed by atoms with E-state index < -0.39 is 11.4 Å². The van der Waals surface area contributed by atoms with Crippen LogP contribution >= 0.6 is 0 Å². The summed E-state index contributed by atoms with van der Waals surface area (Å²) in [5.41, 5.74) is -0.724. The number of carbonyl (C=O) groups excluding carboxylic acids is 1. The van der Waals surface area contributed by atoms with Gasteiger partial charge in [-0.2, -0.15) is 0 Å². The van der Waals surface area contributed by atoms with Crippen LogP contribution in [0, 0.1) is 5.41 Å². The van der Waals surface area contributed by atoms with Gasteiger partial charge in [-0.15, -0.1) is 0 Å². The van der Waals surface area contributed by atoms with Crippen molar-refractivity contribution in [2.75, 3.05) is 13.1 Å². The van der Waals surface area contributed by atoms with Crippen LogP contribution in [0.1, 0.15) is 45.4 Å². The molecule has 102 valence electrons. The van der Waals surface area contributed by atoms with Crippen molar-refractivity contribution in [1.29, 1.82) is 0 Å². The number of nitrogens with zero attached hydrogens (tertiary/aromatic N) is 1. The van der Waals surface area contributed by atoms with E-state index in [2.05, 4.69) is 5.32 Å². The molecule has 5 nitrogen and oxygen atoms in total. The van der Waals surface area contributed by atoms with Gasteiger partial charge < -0.3 is 15.3 Å². The van der Waals surface area contributed by atoms with Crippen molar-refractivity contribution in [3.63, 3.8) is 0 Å². The van der Waals surface area contributed by atoms with Gasteiger partial charge in [0.1, 0.15) is 0 Å². The molecule has 0 atom stereocenters. The van der Waals surface area contributed by atoms with E-state index in [-0.39, 0.29) is 12.6 Å². The molecule has 0 aromatic carbocycles. The third kappa shape index (κ3) is 2.60. The Morgan fingerprint density at radius 2 is 1.94 bits per heavy atom. The predicted molar refractivity (Wildman–Crippen MR) is 67.3 cm³/mol. The first-order valence-electron chi connectivity index (χ1n) is 6.87. The molecule has 0 saturated heterocycles. The summed E-state index contributed by atoms with van der Waals surface area (Å²) in [4.78, 5) is 25.2. The molecule has 0 radical (unpaired) electrons. The van der Waals surface area contributed by atoms with Gasteiger partial charge in [0.15, 0.2) is 0 Å². The number of rotatable bonds is 5. The Hall–Kier alpha value is -1.26. The van der Waals surface area contributed by atoms with E-state index in [0.717, 1.165) is 25.7 Å². The lowest BCUT2D eigenvalue weighted by Crippen LogP contribution is -2.47. The summed E-state index contributed by atoms with van der Waals surface area (Å²) in [5, 5.41) is 12.2. The Balaban J connectivity index is 1.89. The van der Waals surface area contributed by atoms with Gasteiger partial charge in [-0.05, 0) is 32.6 Å². The van der Waals surface area contributed by atoms with Crippen molar-refractivity contribution < 1.29 is 14.7 Å². The molecule has 2 rings (SSSR count). The van der Waals surface area contributed by atoms with Crippen molar-refractivity contribution in [3.05, 3.63) is 0 Å². The minimum atomic E-state index is -0.769. The molecule has 2 aliphatic carbocycles. The van der Waals surface area contributed by atoms with Crippen LogP contribution < -0.4 is 5.32 Å². The molecule has 18 heavy (non-hydrogen) atoms. The Labute approximate surface area is 108 Å². The van der Waals surface area contributed by atoms with Crippen LogP contribution in [0.4, 0.5) is 4.79 Å². The largest absolute Gasteiger partial charge is 0.481 e. The lowest BCUT2D eigenvalue weighted by molar-refractivity contribution is -0.148. The number of carbonyl (C=O) groups is 2. The normalized spacial score (nSPS) is 21.6. The predicted octanol–water partition coefficient (Wildman–Crippen LogP) is 1.83. The molecule has 0 heterocycles. The zero-order valence-corrected chi connectivity index (χ0v) is 10.9. The summed E-state index contributed by atoms with van der Waals surface area (Å²) in [5.74, 6) is -0.769. The number of hydrogen-bond acceptors (Lipinski definition) is 2. The van der Waals surface area contributed by atoms with Crippen LogP contribution in [0.25, 0.3) is 0 Å². The summed E-state index contributed by atoms with van der Waals surface area (Å²) < 4.78 is 0. The van der Waals surface area contributed by atoms with Crippen molar-refractivity contribution >= 4 is 12.0 Å². The number of carboxylic acid groups (broad SMARTS) is 1. The minimum Gasteiger partial charge on any atom is -0.481 e. The Morgan fingerprint density at radius 1 is 1.33 bits per heavy atom. The number of urea groups is 1. The standard InChI is InChI=1S/C13H22N2O3/c1-2-15(10-5-6-10)12(18)14-9-13(11(16)17)7-3-4-8-13/h10H,2-9H2,1H3,(H,14,18)(H,16,17). The topological polar surface area (TPSA) is 69.6 Å². The molecule has 5 heteroatoms. The fraction of sp³-hybridized carbons (Fsp3) is 0.846. The maximum absolute atomic E-state index is 12.0. The molecular formula is C13H22N2O3. The quantitative estimate of drug-likeness (QED) is 0.786. The van der Waals surface area contributed by atoms with Crippen molar-refractivity contribution in [3.8, 4) is 0 Å². The minimum absolute atomic E-state index is 0.104. The second-order valence-electron chi connectivity index (χ2n) is 5.47. The summed E-state index contributed by atoms with van der Waals surface area (Å²) in [7, 11) is 0. The van der Waals surface area contributed by atoms with Gasteiger partial charge in [0.25, 0.3) is 0 Å². The first kappa shape index (κ1) is 13.2. The summed E-state index contributed by atoms with van der Waals surface area (Å²) in [6.45, 7) is 2.92. The van der Waals surface area contributed by atoms with Crippen molar-refractivity contribution in [1.82, 2.24) is 10.2 Å². The lowest BCUT2D eigenvalue weighted by atomic mass is 9.86. The van der Waals surface area contributed by atoms with Gasteiger partial charge in [0.05, 0.1) is 5.41 Å². The van der Waals surface area contributed by atoms with Crippen LogP contribution in [0.15, 0.2) is 0 Å². The average Bonchev–Trinajstić information content (AvgIpc) is 3.05. The zero-order valence-electron chi connectivity index (χ0n) is 10.9. The van der Waals surface area contributed by atoms with E-state index in [1.807, 2.05) is 11.8 Å². The summed E-state index contributed by atoms with van der Waals surface area (Å²) in [6.07, 6.45) is 5.40. The molecular weight excluding hydrogens is 232 g/mol. The van der Waals surface area contributed by atoms with E-state index in [0.29, 0.717) is 25.4 Å². The van der Waals surface area contributed by atoms with E-state index in [4.69, 9.17) is 0 Å². The number of hydrogen-bond donors (Lipinski definition) is 2. The fourth-order valence-corrected chi connectivity index (χ4v) is 2.82. The number of amides is 2. The van der Waals surface area contributed by atoms with Gasteiger partial charge in [-0.25, -0.2) is 4.79 Å². The third-order valence-electron chi connectivity index (χ3n) is 4.18. The van der Waals surface area contributed by atoms with Crippen LogP contribution in [0.5, 0.6) is 0 Å². The molecule has 2 amide bonds. The monoisotopic (exact) mass is 254 g/mol. The van der Waals surface area contributed by atoms with Crippen molar-refractivity contribution in [2.45, 2.75) is 51.5 Å². The van der Waals surface area contributed by atoms with E-state index in [1.54, 1.807) is 0 Å². The smallest absolute Gasteiger partial charge is 0.317 e. The Kier molecular flexibility index (Phi) is 3.78. The number of nitrogens with one attached hydrogen (secondary N) is 1. The molecule has 0 unspecified atom stereocenters. The van der Waals surface area contributed by atoms with E-state index in [9.17, 15) is 14.7 Å². The van der Waals surface area contributed by atoms with Crippen LogP contribution in [-0.4, -0.2) is 41.1 Å². The maximum Gasteiger partial charge on any atom is 0.317 e. The third-order valence-corrected chi connectivity index (χ3v) is 4.18. The summed E-state index contributed by atoms with van der Waals surface area (Å²) in [6, 6.07) is 0.270. The van der Waals surface area contributed by atoms with Crippen LogP contribution in [0.2, 0.25) is 0 Å². The zero-order chi connectivity index (χ0) is 13.2. The van der Waals surface area contributed by atoms with Crippen LogP contribution in [0.3, 0.4) is 0 Å². The van der Waals surface area contributed by atoms with E-state index in [1.165, 1.54) is 0 Å². The molecule has 2 fully saturated rings. The van der Waals surface area contributed by atoms with Gasteiger partial charge >= 0.3 is 12.0 Å². The number of aliphatic carboxylic acids is 1.